The van der Waals surface area contributed by atoms with E-state index in [1.165, 1.54) is 0 Å². The van der Waals surface area contributed by atoms with Crippen LogP contribution in [0.1, 0.15) is 43.4 Å². The molecule has 0 aliphatic heterocycles. The zero-order chi connectivity index (χ0) is 24.8. The normalized spacial score (nSPS) is 11.7. The van der Waals surface area contributed by atoms with Gasteiger partial charge in [-0.1, -0.05) is 105 Å². The quantitative estimate of drug-likeness (QED) is 0.313. The Bertz CT molecular complexity index is 896. The first-order valence-electron chi connectivity index (χ1n) is 11.5. The number of rotatable bonds is 11. The first-order valence-corrected chi connectivity index (χ1v) is 11.5. The van der Waals surface area contributed by atoms with E-state index in [0.29, 0.717) is 0 Å². The molecule has 180 valence electrons. The average molecular weight is 463 g/mol. The van der Waals surface area contributed by atoms with E-state index in [0.717, 1.165) is 29.8 Å². The summed E-state index contributed by atoms with van der Waals surface area (Å²) in [7, 11) is 0. The Hall–Kier alpha value is -3.48. The fourth-order valence-electron chi connectivity index (χ4n) is 3.85. The van der Waals surface area contributed by atoms with Gasteiger partial charge in [-0.05, 0) is 36.2 Å². The van der Waals surface area contributed by atoms with Gasteiger partial charge in [-0.2, -0.15) is 0 Å². The van der Waals surface area contributed by atoms with Crippen LogP contribution in [0.25, 0.3) is 0 Å². The van der Waals surface area contributed by atoms with Crippen LogP contribution in [0, 0.1) is 0 Å². The molecular weight excluding hydrogens is 428 g/mol. The first kappa shape index (κ1) is 26.8. The third-order valence-corrected chi connectivity index (χ3v) is 5.46. The molecule has 0 heterocycles. The van der Waals surface area contributed by atoms with Crippen LogP contribution in [-0.2, 0) is 15.1 Å². The summed E-state index contributed by atoms with van der Waals surface area (Å²) >= 11 is 0. The van der Waals surface area contributed by atoms with Gasteiger partial charge in [0.1, 0.15) is 6.04 Å². The molecule has 0 spiro atoms. The summed E-state index contributed by atoms with van der Waals surface area (Å²) in [6.07, 6.45) is -0.267. The van der Waals surface area contributed by atoms with Gasteiger partial charge in [0, 0.05) is 6.42 Å². The Morgan fingerprint density at radius 1 is 0.735 bits per heavy atom. The molecule has 0 saturated heterocycles. The lowest BCUT2D eigenvalue weighted by Gasteiger charge is -2.39. The Labute approximate surface area is 201 Å². The summed E-state index contributed by atoms with van der Waals surface area (Å²) in [4.78, 5) is 23.1. The van der Waals surface area contributed by atoms with Gasteiger partial charge in [-0.25, -0.2) is 0 Å². The molecule has 0 aromatic heterocycles. The highest BCUT2D eigenvalue weighted by molar-refractivity contribution is 5.75. The van der Waals surface area contributed by atoms with E-state index in [1.807, 2.05) is 91.0 Å². The number of carboxylic acid groups (broad SMARTS) is 2. The van der Waals surface area contributed by atoms with Crippen LogP contribution in [0.15, 0.2) is 91.0 Å². The first-order chi connectivity index (χ1) is 16.5. The van der Waals surface area contributed by atoms with Crippen LogP contribution in [0.4, 0.5) is 0 Å². The summed E-state index contributed by atoms with van der Waals surface area (Å²) in [5, 5.41) is 25.3. The highest BCUT2D eigenvalue weighted by Gasteiger charge is 2.39. The van der Waals surface area contributed by atoms with Gasteiger partial charge >= 0.3 is 11.9 Å². The van der Waals surface area contributed by atoms with Crippen molar-refractivity contribution in [1.29, 1.82) is 0 Å². The Morgan fingerprint density at radius 2 is 1.12 bits per heavy atom. The van der Waals surface area contributed by atoms with E-state index in [-0.39, 0.29) is 12.8 Å². The smallest absolute Gasteiger partial charge is 0.320 e. The van der Waals surface area contributed by atoms with Crippen molar-refractivity contribution in [2.75, 3.05) is 13.1 Å². The average Bonchev–Trinajstić information content (AvgIpc) is 2.86. The van der Waals surface area contributed by atoms with E-state index in [9.17, 15) is 14.7 Å². The monoisotopic (exact) mass is 462 g/mol. The van der Waals surface area contributed by atoms with Crippen LogP contribution < -0.4 is 10.6 Å². The third kappa shape index (κ3) is 7.27. The minimum Gasteiger partial charge on any atom is -0.481 e. The highest BCUT2D eigenvalue weighted by atomic mass is 16.4. The molecule has 3 aromatic rings. The predicted octanol–water partition coefficient (Wildman–Crippen LogP) is 4.50. The molecular formula is C28H34N2O4. The number of benzene rings is 3. The van der Waals surface area contributed by atoms with Crippen LogP contribution in [0.2, 0.25) is 0 Å². The van der Waals surface area contributed by atoms with Crippen molar-refractivity contribution in [3.05, 3.63) is 108 Å². The second-order valence-corrected chi connectivity index (χ2v) is 7.77. The highest BCUT2D eigenvalue weighted by Crippen LogP contribution is 2.37. The summed E-state index contributed by atoms with van der Waals surface area (Å²) in [6, 6.07) is 27.8. The van der Waals surface area contributed by atoms with Gasteiger partial charge in [-0.15, -0.1) is 0 Å². The van der Waals surface area contributed by atoms with Gasteiger partial charge in [0.15, 0.2) is 0 Å². The molecule has 0 amide bonds. The lowest BCUT2D eigenvalue weighted by atomic mass is 9.76. The second-order valence-electron chi connectivity index (χ2n) is 7.77. The number of hydrogen-bond donors (Lipinski definition) is 4. The SMILES string of the molecule is CCNCC.O=C(O)CCC(NC(c1ccccc1)(c1ccccc1)c1ccccc1)C(=O)O. The number of aliphatic carboxylic acids is 2. The van der Waals surface area contributed by atoms with E-state index < -0.39 is 23.5 Å². The van der Waals surface area contributed by atoms with Gasteiger partial charge in [0.25, 0.3) is 0 Å². The fraction of sp³-hybridized carbons (Fsp3) is 0.286. The van der Waals surface area contributed by atoms with Crippen molar-refractivity contribution in [3.63, 3.8) is 0 Å². The van der Waals surface area contributed by atoms with Crippen LogP contribution in [0.5, 0.6) is 0 Å². The topological polar surface area (TPSA) is 98.7 Å². The van der Waals surface area contributed by atoms with Crippen molar-refractivity contribution in [3.8, 4) is 0 Å². The van der Waals surface area contributed by atoms with E-state index >= 15 is 0 Å². The van der Waals surface area contributed by atoms with E-state index in [4.69, 9.17) is 5.11 Å². The Morgan fingerprint density at radius 3 is 1.38 bits per heavy atom. The largest absolute Gasteiger partial charge is 0.481 e. The minimum atomic E-state index is -1.08. The molecule has 0 saturated carbocycles. The molecule has 0 aliphatic carbocycles. The second kappa shape index (κ2) is 13.9. The summed E-state index contributed by atoms with van der Waals surface area (Å²) in [5.41, 5.74) is 1.67. The Balaban J connectivity index is 0.000000739. The summed E-state index contributed by atoms with van der Waals surface area (Å²) in [5.74, 6) is -2.11. The predicted molar refractivity (Wildman–Crippen MR) is 135 cm³/mol. The minimum absolute atomic E-state index is 0.0289. The molecule has 6 heteroatoms. The van der Waals surface area contributed by atoms with Gasteiger partial charge in [-0.3, -0.25) is 14.9 Å². The van der Waals surface area contributed by atoms with Gasteiger partial charge in [0.05, 0.1) is 5.54 Å². The van der Waals surface area contributed by atoms with E-state index in [1.54, 1.807) is 0 Å². The van der Waals surface area contributed by atoms with Crippen molar-refractivity contribution in [2.24, 2.45) is 0 Å². The maximum Gasteiger partial charge on any atom is 0.320 e. The molecule has 0 bridgehead atoms. The van der Waals surface area contributed by atoms with E-state index in [2.05, 4.69) is 24.5 Å². The lowest BCUT2D eigenvalue weighted by molar-refractivity contribution is -0.141. The molecule has 3 aromatic carbocycles. The molecule has 0 radical (unpaired) electrons. The van der Waals surface area contributed by atoms with Crippen LogP contribution in [0.3, 0.4) is 0 Å². The molecule has 3 rings (SSSR count). The van der Waals surface area contributed by atoms with Crippen molar-refractivity contribution in [1.82, 2.24) is 10.6 Å². The molecule has 0 fully saturated rings. The Kier molecular flexibility index (Phi) is 11.0. The summed E-state index contributed by atoms with van der Waals surface area (Å²) in [6.45, 7) is 6.39. The maximum absolute atomic E-state index is 12.0. The van der Waals surface area contributed by atoms with Crippen LogP contribution >= 0.6 is 0 Å². The van der Waals surface area contributed by atoms with Crippen molar-refractivity contribution in [2.45, 2.75) is 38.3 Å². The fourth-order valence-corrected chi connectivity index (χ4v) is 3.85. The number of nitrogens with one attached hydrogen (secondary N) is 2. The number of carboxylic acids is 2. The zero-order valence-electron chi connectivity index (χ0n) is 19.8. The van der Waals surface area contributed by atoms with Crippen LogP contribution in [-0.4, -0.2) is 41.3 Å². The molecule has 34 heavy (non-hydrogen) atoms. The number of hydrogen-bond acceptors (Lipinski definition) is 4. The molecule has 1 atom stereocenters. The van der Waals surface area contributed by atoms with Crippen molar-refractivity contribution < 1.29 is 19.8 Å². The molecule has 0 aliphatic rings. The summed E-state index contributed by atoms with van der Waals surface area (Å²) < 4.78 is 0. The van der Waals surface area contributed by atoms with Crippen molar-refractivity contribution >= 4 is 11.9 Å². The molecule has 1 unspecified atom stereocenters. The maximum atomic E-state index is 12.0. The van der Waals surface area contributed by atoms with Gasteiger partial charge in [0.2, 0.25) is 0 Å². The number of carbonyl (C=O) groups is 2. The third-order valence-electron chi connectivity index (χ3n) is 5.46. The lowest BCUT2D eigenvalue weighted by Crippen LogP contribution is -2.52. The molecule has 4 N–H and O–H groups in total. The molecule has 6 nitrogen and oxygen atoms in total. The zero-order valence-corrected chi connectivity index (χ0v) is 19.8. The standard InChI is InChI=1S/C24H23NO4.C4H11N/c26-22(27)17-16-21(23(28)29)25-24(18-10-4-1-5-11-18,19-12-6-2-7-13-19)20-14-8-3-9-15-20;1-3-5-4-2/h1-15,21,25H,16-17H2,(H,26,27)(H,28,29);5H,3-4H2,1-2H3. The van der Waals surface area contributed by atoms with Gasteiger partial charge < -0.3 is 15.5 Å².